The van der Waals surface area contributed by atoms with Crippen LogP contribution in [0.1, 0.15) is 23.3 Å². The smallest absolute Gasteiger partial charge is 0.315 e. The molecule has 0 saturated carbocycles. The van der Waals surface area contributed by atoms with Crippen molar-refractivity contribution in [3.8, 4) is 0 Å². The minimum atomic E-state index is -0.888. The minimum Gasteiger partial charge on any atom is -0.368 e. The molecular formula is C15H21N7O4. The van der Waals surface area contributed by atoms with E-state index in [2.05, 4.69) is 15.6 Å². The number of primary amides is 1. The molecule has 1 unspecified atom stereocenters. The van der Waals surface area contributed by atoms with Crippen molar-refractivity contribution < 1.29 is 19.2 Å². The zero-order valence-corrected chi connectivity index (χ0v) is 14.1. The Hall–Kier alpha value is -2.95. The average molecular weight is 363 g/mol. The van der Waals surface area contributed by atoms with Crippen LogP contribution in [0.25, 0.3) is 0 Å². The Morgan fingerprint density at radius 1 is 1.38 bits per heavy atom. The van der Waals surface area contributed by atoms with Crippen LogP contribution in [-0.4, -0.2) is 69.4 Å². The van der Waals surface area contributed by atoms with Gasteiger partial charge in [-0.3, -0.25) is 19.0 Å². The number of likely N-dealkylation sites (tertiary alicyclic amines) is 1. The Labute approximate surface area is 149 Å². The zero-order valence-electron chi connectivity index (χ0n) is 14.1. The molecule has 0 bridgehead atoms. The highest BCUT2D eigenvalue weighted by molar-refractivity contribution is 5.92. The van der Waals surface area contributed by atoms with Crippen molar-refractivity contribution in [3.05, 3.63) is 18.2 Å². The highest BCUT2D eigenvalue weighted by Crippen LogP contribution is 2.18. The van der Waals surface area contributed by atoms with E-state index in [1.165, 1.54) is 22.0 Å². The van der Waals surface area contributed by atoms with E-state index in [-0.39, 0.29) is 24.8 Å². The van der Waals surface area contributed by atoms with Crippen LogP contribution in [0.15, 0.2) is 12.5 Å². The molecule has 0 spiro atoms. The fraction of sp³-hybridized carbons (Fsp3) is 0.533. The minimum absolute atomic E-state index is 0.121. The quantitative estimate of drug-likeness (QED) is 0.453. The summed E-state index contributed by atoms with van der Waals surface area (Å²) in [5, 5.41) is 5.00. The van der Waals surface area contributed by atoms with E-state index in [0.717, 1.165) is 0 Å². The lowest BCUT2D eigenvalue weighted by Gasteiger charge is -2.25. The number of amides is 4. The van der Waals surface area contributed by atoms with Crippen LogP contribution < -0.4 is 22.1 Å². The maximum atomic E-state index is 12.5. The second-order valence-corrected chi connectivity index (χ2v) is 6.42. The first-order valence-corrected chi connectivity index (χ1v) is 8.33. The van der Waals surface area contributed by atoms with Crippen molar-refractivity contribution in [2.24, 2.45) is 11.5 Å². The van der Waals surface area contributed by atoms with Crippen LogP contribution in [-0.2, 0) is 16.0 Å². The summed E-state index contributed by atoms with van der Waals surface area (Å²) in [6, 6.07) is -2.57. The van der Waals surface area contributed by atoms with E-state index in [1.54, 1.807) is 0 Å². The standard InChI is InChI=1S/C15H21N7O4/c16-9(13(24)22-3-1-2-11(22)12(17)23)4-8-6-21(7-19-8)14(25)10-5-18-15(26)20-10/h6-7,9-11H,1-5,16H2,(H2,17,23)(H2,18,20,26)/t9-,10?,11-/m0/s1. The molecule has 1 aromatic rings. The molecule has 4 amide bonds. The summed E-state index contributed by atoms with van der Waals surface area (Å²) in [6.45, 7) is 0.647. The third-order valence-corrected chi connectivity index (χ3v) is 4.57. The van der Waals surface area contributed by atoms with Crippen molar-refractivity contribution in [2.45, 2.75) is 37.4 Å². The predicted octanol–water partition coefficient (Wildman–Crippen LogP) is -2.45. The molecule has 0 aliphatic carbocycles. The molecule has 3 heterocycles. The first kappa shape index (κ1) is 17.9. The maximum absolute atomic E-state index is 12.5. The summed E-state index contributed by atoms with van der Waals surface area (Å²) in [5.41, 5.74) is 11.8. The second-order valence-electron chi connectivity index (χ2n) is 6.42. The van der Waals surface area contributed by atoms with Crippen molar-refractivity contribution in [3.63, 3.8) is 0 Å². The summed E-state index contributed by atoms with van der Waals surface area (Å²) in [7, 11) is 0. The Morgan fingerprint density at radius 2 is 2.15 bits per heavy atom. The molecule has 0 aromatic carbocycles. The van der Waals surface area contributed by atoms with Gasteiger partial charge >= 0.3 is 6.03 Å². The van der Waals surface area contributed by atoms with Crippen LogP contribution in [0.2, 0.25) is 0 Å². The first-order valence-electron chi connectivity index (χ1n) is 8.33. The number of nitrogens with one attached hydrogen (secondary N) is 2. The summed E-state index contributed by atoms with van der Waals surface area (Å²) in [4.78, 5) is 52.8. The fourth-order valence-corrected chi connectivity index (χ4v) is 3.23. The van der Waals surface area contributed by atoms with E-state index < -0.39 is 30.1 Å². The van der Waals surface area contributed by atoms with Crippen molar-refractivity contribution in [1.29, 1.82) is 0 Å². The summed E-state index contributed by atoms with van der Waals surface area (Å²) < 4.78 is 1.26. The number of aromatic nitrogens is 2. The van der Waals surface area contributed by atoms with Gasteiger partial charge in [-0.2, -0.15) is 0 Å². The van der Waals surface area contributed by atoms with Gasteiger partial charge in [0.1, 0.15) is 18.4 Å². The van der Waals surface area contributed by atoms with Crippen LogP contribution >= 0.6 is 0 Å². The topological polar surface area (TPSA) is 165 Å². The first-order chi connectivity index (χ1) is 12.4. The number of nitrogens with zero attached hydrogens (tertiary/aromatic N) is 3. The number of imidazole rings is 1. The number of hydrogen-bond donors (Lipinski definition) is 4. The van der Waals surface area contributed by atoms with Gasteiger partial charge in [0.05, 0.1) is 11.7 Å². The van der Waals surface area contributed by atoms with E-state index in [1.807, 2.05) is 0 Å². The highest BCUT2D eigenvalue weighted by Gasteiger charge is 2.35. The molecular weight excluding hydrogens is 342 g/mol. The molecule has 1 aromatic heterocycles. The Bertz CT molecular complexity index is 746. The maximum Gasteiger partial charge on any atom is 0.315 e. The number of urea groups is 1. The fourth-order valence-electron chi connectivity index (χ4n) is 3.23. The predicted molar refractivity (Wildman–Crippen MR) is 88.8 cm³/mol. The van der Waals surface area contributed by atoms with Gasteiger partial charge in [-0.1, -0.05) is 0 Å². The molecule has 140 valence electrons. The van der Waals surface area contributed by atoms with Crippen LogP contribution in [0.5, 0.6) is 0 Å². The molecule has 0 radical (unpaired) electrons. The van der Waals surface area contributed by atoms with Crippen LogP contribution in [0.3, 0.4) is 0 Å². The highest BCUT2D eigenvalue weighted by atomic mass is 16.2. The molecule has 2 aliphatic heterocycles. The monoisotopic (exact) mass is 363 g/mol. The molecule has 2 saturated heterocycles. The van der Waals surface area contributed by atoms with Crippen molar-refractivity contribution in [2.75, 3.05) is 13.1 Å². The zero-order chi connectivity index (χ0) is 18.8. The molecule has 3 rings (SSSR count). The average Bonchev–Trinajstić information content (AvgIpc) is 3.33. The molecule has 2 fully saturated rings. The van der Waals surface area contributed by atoms with Gasteiger partial charge in [0.2, 0.25) is 11.8 Å². The molecule has 11 nitrogen and oxygen atoms in total. The Kier molecular flexibility index (Phi) is 4.89. The van der Waals surface area contributed by atoms with Gasteiger partial charge in [0, 0.05) is 25.7 Å². The van der Waals surface area contributed by atoms with Gasteiger partial charge < -0.3 is 27.0 Å². The normalized spacial score (nSPS) is 23.4. The Morgan fingerprint density at radius 3 is 2.81 bits per heavy atom. The summed E-state index contributed by atoms with van der Waals surface area (Å²) in [6.07, 6.45) is 4.17. The van der Waals surface area contributed by atoms with Gasteiger partial charge in [-0.05, 0) is 12.8 Å². The number of rotatable bonds is 5. The van der Waals surface area contributed by atoms with E-state index in [4.69, 9.17) is 11.5 Å². The molecule has 11 heteroatoms. The number of carbonyl (C=O) groups is 4. The Balaban J connectivity index is 1.61. The third-order valence-electron chi connectivity index (χ3n) is 4.57. The summed E-state index contributed by atoms with van der Waals surface area (Å²) >= 11 is 0. The van der Waals surface area contributed by atoms with Crippen molar-refractivity contribution >= 4 is 23.8 Å². The van der Waals surface area contributed by atoms with Crippen LogP contribution in [0, 0.1) is 0 Å². The lowest BCUT2D eigenvalue weighted by molar-refractivity contribution is -0.138. The molecule has 26 heavy (non-hydrogen) atoms. The third kappa shape index (κ3) is 3.52. The van der Waals surface area contributed by atoms with Crippen molar-refractivity contribution in [1.82, 2.24) is 25.1 Å². The number of nitrogens with two attached hydrogens (primary N) is 2. The molecule has 2 aliphatic rings. The van der Waals surface area contributed by atoms with Gasteiger partial charge in [0.15, 0.2) is 0 Å². The second kappa shape index (κ2) is 7.12. The van der Waals surface area contributed by atoms with E-state index in [9.17, 15) is 19.2 Å². The lowest BCUT2D eigenvalue weighted by atomic mass is 10.1. The lowest BCUT2D eigenvalue weighted by Crippen LogP contribution is -2.50. The van der Waals surface area contributed by atoms with Gasteiger partial charge in [-0.15, -0.1) is 0 Å². The molecule has 6 N–H and O–H groups in total. The molecule has 3 atom stereocenters. The van der Waals surface area contributed by atoms with E-state index >= 15 is 0 Å². The van der Waals surface area contributed by atoms with Gasteiger partial charge in [0.25, 0.3) is 5.91 Å². The number of hydrogen-bond acceptors (Lipinski definition) is 6. The van der Waals surface area contributed by atoms with Crippen LogP contribution in [0.4, 0.5) is 4.79 Å². The number of carbonyl (C=O) groups excluding carboxylic acids is 4. The van der Waals surface area contributed by atoms with Gasteiger partial charge in [-0.25, -0.2) is 9.78 Å². The summed E-state index contributed by atoms with van der Waals surface area (Å²) in [5.74, 6) is -1.24. The van der Waals surface area contributed by atoms with E-state index in [0.29, 0.717) is 25.1 Å². The largest absolute Gasteiger partial charge is 0.368 e. The SMILES string of the molecule is NC(=O)[C@@H]1CCCN1C(=O)[C@@H](N)Cc1cn(C(=O)C2CNC(=O)N2)cn1.